The van der Waals surface area contributed by atoms with Crippen LogP contribution in [0, 0.1) is 0 Å². The van der Waals surface area contributed by atoms with Gasteiger partial charge in [-0.25, -0.2) is 9.97 Å². The molecule has 3 aliphatic heterocycles. The highest BCUT2D eigenvalue weighted by molar-refractivity contribution is 7.14. The van der Waals surface area contributed by atoms with Gasteiger partial charge in [-0.1, -0.05) is 6.58 Å². The summed E-state index contributed by atoms with van der Waals surface area (Å²) in [4.78, 5) is 56.0. The van der Waals surface area contributed by atoms with Gasteiger partial charge in [-0.3, -0.25) is 24.2 Å². The molecule has 1 atom stereocenters. The second kappa shape index (κ2) is 16.3. The molecule has 2 fully saturated rings. The highest BCUT2D eigenvalue weighted by Crippen LogP contribution is 2.41. The first-order valence-electron chi connectivity index (χ1n) is 19.6. The normalized spacial score (nSPS) is 19.1. The molecular formula is C41H45F3N8O5S. The van der Waals surface area contributed by atoms with Gasteiger partial charge >= 0.3 is 6.18 Å². The van der Waals surface area contributed by atoms with Crippen molar-refractivity contribution in [1.29, 1.82) is 0 Å². The number of benzene rings is 1. The van der Waals surface area contributed by atoms with E-state index in [1.165, 1.54) is 50.5 Å². The Hall–Kier alpha value is -5.10. The molecule has 3 aromatic heterocycles. The van der Waals surface area contributed by atoms with Gasteiger partial charge in [-0.15, -0.1) is 11.3 Å². The molecule has 17 heteroatoms. The molecule has 2 amide bonds. The largest absolute Gasteiger partial charge is 0.409 e. The fraction of sp³-hybridized carbons (Fsp3) is 0.439. The van der Waals surface area contributed by atoms with Crippen LogP contribution in [0.3, 0.4) is 0 Å². The molecule has 0 radical (unpaired) electrons. The molecule has 0 bridgehead atoms. The Morgan fingerprint density at radius 2 is 1.88 bits per heavy atom. The zero-order chi connectivity index (χ0) is 40.7. The Balaban J connectivity index is 1.10. The molecule has 58 heavy (non-hydrogen) atoms. The summed E-state index contributed by atoms with van der Waals surface area (Å²) in [7, 11) is 1.55. The van der Waals surface area contributed by atoms with Crippen LogP contribution in [0.5, 0.6) is 0 Å². The van der Waals surface area contributed by atoms with Gasteiger partial charge in [0.1, 0.15) is 11.9 Å². The van der Waals surface area contributed by atoms with Gasteiger partial charge in [0.25, 0.3) is 11.5 Å². The summed E-state index contributed by atoms with van der Waals surface area (Å²) >= 11 is 1.56. The minimum absolute atomic E-state index is 0.00255. The van der Waals surface area contributed by atoms with Crippen LogP contribution in [0.25, 0.3) is 11.3 Å². The first kappa shape index (κ1) is 39.7. The molecular weight excluding hydrogens is 774 g/mol. The van der Waals surface area contributed by atoms with Crippen molar-refractivity contribution in [3.05, 3.63) is 86.1 Å². The van der Waals surface area contributed by atoms with E-state index in [4.69, 9.17) is 4.74 Å². The van der Waals surface area contributed by atoms with Gasteiger partial charge in [-0.2, -0.15) is 13.2 Å². The van der Waals surface area contributed by atoms with Gasteiger partial charge in [0.15, 0.2) is 5.82 Å². The third-order valence-electron chi connectivity index (χ3n) is 11.6. The summed E-state index contributed by atoms with van der Waals surface area (Å²) < 4.78 is 50.9. The standard InChI is InChI=1S/C41H45F3N8O5S/c1-3-35(54)47-30-20-24(8-9-32(30)51-17-16-50(22-34(51)41(42,43)44)25-12-18-57-19-13-25)46-37-40(56)49(2)21-31(48-37)26-10-14-45-38(29(26)23-53)52-15-11-28-27-6-4-5-7-33(27)58-36(28)39(52)55/h3,8-10,14,20-21,25,34,53H,1,4-7,11-13,15-19,22-23H2,2H3,(H,46,48)(H,47,54)/t34-/m0/s1. The molecule has 4 aliphatic rings. The van der Waals surface area contributed by atoms with Crippen LogP contribution < -0.4 is 26.0 Å². The number of amides is 2. The molecule has 3 N–H and O–H groups in total. The van der Waals surface area contributed by atoms with E-state index in [9.17, 15) is 32.7 Å². The maximum Gasteiger partial charge on any atom is 0.409 e. The number of pyridine rings is 1. The Kier molecular flexibility index (Phi) is 11.1. The second-order valence-electron chi connectivity index (χ2n) is 15.1. The van der Waals surface area contributed by atoms with E-state index in [-0.39, 0.29) is 47.9 Å². The van der Waals surface area contributed by atoms with Gasteiger partial charge < -0.3 is 29.9 Å². The molecule has 0 saturated carbocycles. The monoisotopic (exact) mass is 818 g/mol. The number of aliphatic hydroxyl groups is 1. The number of piperazine rings is 1. The van der Waals surface area contributed by atoms with Gasteiger partial charge in [0.05, 0.1) is 28.6 Å². The van der Waals surface area contributed by atoms with Crippen molar-refractivity contribution in [3.63, 3.8) is 0 Å². The number of aliphatic hydroxyl groups excluding tert-OH is 1. The number of fused-ring (bicyclic) bond motifs is 3. The molecule has 6 heterocycles. The quantitative estimate of drug-likeness (QED) is 0.183. The number of nitrogens with one attached hydrogen (secondary N) is 2. The minimum Gasteiger partial charge on any atom is -0.392 e. The molecule has 1 aliphatic carbocycles. The number of ether oxygens (including phenoxy) is 1. The predicted molar refractivity (Wildman–Crippen MR) is 216 cm³/mol. The van der Waals surface area contributed by atoms with Crippen molar-refractivity contribution in [3.8, 4) is 11.3 Å². The first-order valence-corrected chi connectivity index (χ1v) is 20.4. The molecule has 13 nitrogen and oxygen atoms in total. The minimum atomic E-state index is -4.56. The van der Waals surface area contributed by atoms with E-state index >= 15 is 0 Å². The molecule has 0 unspecified atom stereocenters. The molecule has 1 aromatic carbocycles. The van der Waals surface area contributed by atoms with Crippen LogP contribution >= 0.6 is 11.3 Å². The van der Waals surface area contributed by atoms with E-state index in [1.807, 2.05) is 4.90 Å². The number of nitrogens with zero attached hydrogens (tertiary/aromatic N) is 6. The van der Waals surface area contributed by atoms with Crippen LogP contribution in [0.4, 0.5) is 41.9 Å². The highest BCUT2D eigenvalue weighted by Gasteiger charge is 2.48. The Morgan fingerprint density at radius 1 is 1.09 bits per heavy atom. The van der Waals surface area contributed by atoms with Crippen LogP contribution in [-0.4, -0.2) is 94.0 Å². The number of carbonyl (C=O) groups excluding carboxylic acids is 2. The lowest BCUT2D eigenvalue weighted by Gasteiger charge is -2.47. The van der Waals surface area contributed by atoms with Crippen LogP contribution in [-0.2, 0) is 42.4 Å². The number of thiophene rings is 1. The van der Waals surface area contributed by atoms with Crippen LogP contribution in [0.1, 0.15) is 56.9 Å². The van der Waals surface area contributed by atoms with E-state index in [1.54, 1.807) is 29.4 Å². The first-order chi connectivity index (χ1) is 27.9. The lowest BCUT2D eigenvalue weighted by molar-refractivity contribution is -0.159. The number of aromatic nitrogens is 3. The van der Waals surface area contributed by atoms with E-state index in [2.05, 4.69) is 27.2 Å². The number of hydrogen-bond donors (Lipinski definition) is 3. The summed E-state index contributed by atoms with van der Waals surface area (Å²) in [5.74, 6) is -0.569. The zero-order valence-electron chi connectivity index (χ0n) is 32.1. The summed E-state index contributed by atoms with van der Waals surface area (Å²) in [5.41, 5.74) is 3.62. The fourth-order valence-electron chi connectivity index (χ4n) is 8.68. The van der Waals surface area contributed by atoms with Gasteiger partial charge in [0.2, 0.25) is 5.91 Å². The summed E-state index contributed by atoms with van der Waals surface area (Å²) in [6.07, 6.45) is 5.74. The number of carbonyl (C=O) groups is 2. The third-order valence-corrected chi connectivity index (χ3v) is 12.9. The summed E-state index contributed by atoms with van der Waals surface area (Å²) in [6.45, 7) is 4.71. The smallest absolute Gasteiger partial charge is 0.392 e. The van der Waals surface area contributed by atoms with Crippen molar-refractivity contribution in [2.75, 3.05) is 59.8 Å². The lowest BCUT2D eigenvalue weighted by Crippen LogP contribution is -2.61. The second-order valence-corrected chi connectivity index (χ2v) is 16.2. The molecule has 0 spiro atoms. The predicted octanol–water partition coefficient (Wildman–Crippen LogP) is 5.58. The van der Waals surface area contributed by atoms with Crippen LogP contribution in [0.2, 0.25) is 0 Å². The Labute approximate surface area is 337 Å². The van der Waals surface area contributed by atoms with Gasteiger partial charge in [-0.05, 0) is 86.4 Å². The SMILES string of the molecule is C=CC(=O)Nc1cc(Nc2nc(-c3ccnc(N4CCc5c(sc6c5CCCC6)C4=O)c3CO)cn(C)c2=O)ccc1N1CCN(C2CCOCC2)C[C@H]1C(F)(F)F. The number of aryl methyl sites for hydroxylation is 2. The Bertz CT molecular complexity index is 2310. The van der Waals surface area contributed by atoms with Crippen molar-refractivity contribution in [2.24, 2.45) is 7.05 Å². The number of anilines is 5. The molecule has 8 rings (SSSR count). The summed E-state index contributed by atoms with van der Waals surface area (Å²) in [6, 6.07) is 4.31. The lowest BCUT2D eigenvalue weighted by atomic mass is 9.92. The fourth-order valence-corrected chi connectivity index (χ4v) is 10.1. The van der Waals surface area contributed by atoms with Crippen molar-refractivity contribution < 1.29 is 32.6 Å². The Morgan fingerprint density at radius 3 is 2.64 bits per heavy atom. The number of hydrogen-bond acceptors (Lipinski definition) is 11. The molecule has 4 aromatic rings. The number of rotatable bonds is 9. The van der Waals surface area contributed by atoms with Crippen molar-refractivity contribution >= 4 is 51.8 Å². The van der Waals surface area contributed by atoms with E-state index in [0.717, 1.165) is 42.2 Å². The topological polar surface area (TPSA) is 145 Å². The van der Waals surface area contributed by atoms with Gasteiger partial charge in [0, 0.05) is 86.6 Å². The van der Waals surface area contributed by atoms with Crippen molar-refractivity contribution in [2.45, 2.75) is 69.8 Å². The average molecular weight is 819 g/mol. The molecule has 2 saturated heterocycles. The average Bonchev–Trinajstić information content (AvgIpc) is 3.62. The maximum atomic E-state index is 14.7. The highest BCUT2D eigenvalue weighted by atomic mass is 32.1. The van der Waals surface area contributed by atoms with Crippen LogP contribution in [0.15, 0.2) is 54.1 Å². The summed E-state index contributed by atoms with van der Waals surface area (Å²) in [5, 5.41) is 16.4. The third kappa shape index (κ3) is 7.63. The van der Waals surface area contributed by atoms with E-state index in [0.29, 0.717) is 68.2 Å². The van der Waals surface area contributed by atoms with E-state index < -0.39 is 30.3 Å². The number of halogens is 3. The molecule has 306 valence electrons. The maximum absolute atomic E-state index is 14.7. The van der Waals surface area contributed by atoms with Crippen molar-refractivity contribution in [1.82, 2.24) is 19.4 Å². The zero-order valence-corrected chi connectivity index (χ0v) is 32.9. The number of alkyl halides is 3.